The number of amides is 1. The SMILES string of the molecule is CC(C)(C)OC(=O)N1CC(C(OCc2ccccc2)c2ccccc2)C1. The van der Waals surface area contributed by atoms with E-state index in [0.717, 1.165) is 11.1 Å². The fourth-order valence-corrected chi connectivity index (χ4v) is 3.09. The van der Waals surface area contributed by atoms with Crippen LogP contribution < -0.4 is 0 Å². The third-order valence-electron chi connectivity index (χ3n) is 4.39. The van der Waals surface area contributed by atoms with Crippen LogP contribution in [0.25, 0.3) is 0 Å². The number of hydrogen-bond donors (Lipinski definition) is 0. The number of nitrogens with zero attached hydrogens (tertiary/aromatic N) is 1. The Morgan fingerprint density at radius 3 is 2.19 bits per heavy atom. The summed E-state index contributed by atoms with van der Waals surface area (Å²) in [5.41, 5.74) is 1.83. The Balaban J connectivity index is 1.63. The lowest BCUT2D eigenvalue weighted by atomic mass is 9.89. The van der Waals surface area contributed by atoms with Gasteiger partial charge in [0.25, 0.3) is 0 Å². The van der Waals surface area contributed by atoms with Crippen LogP contribution in [0.15, 0.2) is 60.7 Å². The number of carbonyl (C=O) groups excluding carboxylic acids is 1. The average Bonchev–Trinajstić information content (AvgIpc) is 2.56. The zero-order valence-electron chi connectivity index (χ0n) is 15.7. The van der Waals surface area contributed by atoms with Crippen molar-refractivity contribution in [2.75, 3.05) is 13.1 Å². The second-order valence-electron chi connectivity index (χ2n) is 7.77. The number of ether oxygens (including phenoxy) is 2. The highest BCUT2D eigenvalue weighted by Gasteiger charge is 2.39. The van der Waals surface area contributed by atoms with E-state index in [-0.39, 0.29) is 18.1 Å². The van der Waals surface area contributed by atoms with Crippen molar-refractivity contribution < 1.29 is 14.3 Å². The van der Waals surface area contributed by atoms with Gasteiger partial charge in [0.05, 0.1) is 12.7 Å². The Hall–Kier alpha value is -2.33. The summed E-state index contributed by atoms with van der Waals surface area (Å²) in [6.07, 6.45) is -0.279. The van der Waals surface area contributed by atoms with E-state index < -0.39 is 5.60 Å². The highest BCUT2D eigenvalue weighted by atomic mass is 16.6. The molecule has 1 amide bonds. The van der Waals surface area contributed by atoms with E-state index >= 15 is 0 Å². The van der Waals surface area contributed by atoms with Crippen molar-refractivity contribution in [3.05, 3.63) is 71.8 Å². The standard InChI is InChI=1S/C22H27NO3/c1-22(2,3)26-21(24)23-14-19(15-23)20(18-12-8-5-9-13-18)25-16-17-10-6-4-7-11-17/h4-13,19-20H,14-16H2,1-3H3. The van der Waals surface area contributed by atoms with Gasteiger partial charge in [-0.05, 0) is 31.9 Å². The molecule has 0 spiro atoms. The monoisotopic (exact) mass is 353 g/mol. The summed E-state index contributed by atoms with van der Waals surface area (Å²) in [7, 11) is 0. The van der Waals surface area contributed by atoms with Gasteiger partial charge in [0.2, 0.25) is 0 Å². The molecule has 1 fully saturated rings. The molecule has 1 heterocycles. The van der Waals surface area contributed by atoms with Gasteiger partial charge in [-0.3, -0.25) is 0 Å². The molecule has 4 heteroatoms. The topological polar surface area (TPSA) is 38.8 Å². The molecular weight excluding hydrogens is 326 g/mol. The van der Waals surface area contributed by atoms with Crippen molar-refractivity contribution >= 4 is 6.09 Å². The van der Waals surface area contributed by atoms with E-state index in [1.165, 1.54) is 0 Å². The third kappa shape index (κ3) is 4.85. The van der Waals surface area contributed by atoms with Gasteiger partial charge < -0.3 is 14.4 Å². The van der Waals surface area contributed by atoms with Crippen LogP contribution in [-0.4, -0.2) is 29.7 Å². The molecule has 0 saturated carbocycles. The van der Waals surface area contributed by atoms with Crippen LogP contribution in [0.4, 0.5) is 4.79 Å². The van der Waals surface area contributed by atoms with Crippen molar-refractivity contribution in [3.63, 3.8) is 0 Å². The minimum Gasteiger partial charge on any atom is -0.444 e. The third-order valence-corrected chi connectivity index (χ3v) is 4.39. The Morgan fingerprint density at radius 1 is 1.04 bits per heavy atom. The molecule has 1 atom stereocenters. The fraction of sp³-hybridized carbons (Fsp3) is 0.409. The van der Waals surface area contributed by atoms with Crippen LogP contribution >= 0.6 is 0 Å². The molecule has 26 heavy (non-hydrogen) atoms. The number of benzene rings is 2. The van der Waals surface area contributed by atoms with Crippen LogP contribution in [0.5, 0.6) is 0 Å². The maximum Gasteiger partial charge on any atom is 0.410 e. The average molecular weight is 353 g/mol. The van der Waals surface area contributed by atoms with Crippen LogP contribution in [0.3, 0.4) is 0 Å². The van der Waals surface area contributed by atoms with Gasteiger partial charge in [0.15, 0.2) is 0 Å². The number of likely N-dealkylation sites (tertiary alicyclic amines) is 1. The molecule has 0 N–H and O–H groups in total. The summed E-state index contributed by atoms with van der Waals surface area (Å²) >= 11 is 0. The Bertz CT molecular complexity index is 703. The molecule has 4 nitrogen and oxygen atoms in total. The summed E-state index contributed by atoms with van der Waals surface area (Å²) in [4.78, 5) is 13.9. The maximum atomic E-state index is 12.2. The molecule has 0 bridgehead atoms. The second-order valence-corrected chi connectivity index (χ2v) is 7.77. The Labute approximate surface area is 155 Å². The van der Waals surface area contributed by atoms with Gasteiger partial charge in [0.1, 0.15) is 5.60 Å². The first kappa shape index (κ1) is 18.5. The predicted molar refractivity (Wildman–Crippen MR) is 102 cm³/mol. The molecule has 1 unspecified atom stereocenters. The predicted octanol–water partition coefficient (Wildman–Crippen LogP) is 4.81. The largest absolute Gasteiger partial charge is 0.444 e. The normalized spacial score (nSPS) is 16.0. The molecule has 1 aliphatic rings. The molecular formula is C22H27NO3. The van der Waals surface area contributed by atoms with Crippen molar-refractivity contribution in [2.24, 2.45) is 5.92 Å². The van der Waals surface area contributed by atoms with Gasteiger partial charge in [-0.1, -0.05) is 60.7 Å². The van der Waals surface area contributed by atoms with Gasteiger partial charge in [-0.15, -0.1) is 0 Å². The van der Waals surface area contributed by atoms with E-state index in [9.17, 15) is 4.79 Å². The van der Waals surface area contributed by atoms with Gasteiger partial charge in [0, 0.05) is 19.0 Å². The smallest absolute Gasteiger partial charge is 0.410 e. The lowest BCUT2D eigenvalue weighted by Crippen LogP contribution is -2.53. The van der Waals surface area contributed by atoms with Crippen LogP contribution in [0, 0.1) is 5.92 Å². The van der Waals surface area contributed by atoms with Crippen molar-refractivity contribution in [1.82, 2.24) is 4.90 Å². The zero-order valence-corrected chi connectivity index (χ0v) is 15.7. The summed E-state index contributed by atoms with van der Waals surface area (Å²) in [5, 5.41) is 0. The van der Waals surface area contributed by atoms with E-state index in [1.807, 2.05) is 57.2 Å². The molecule has 2 aromatic rings. The van der Waals surface area contributed by atoms with Gasteiger partial charge in [-0.25, -0.2) is 4.79 Å². The molecule has 0 radical (unpaired) electrons. The van der Waals surface area contributed by atoms with Gasteiger partial charge >= 0.3 is 6.09 Å². The molecule has 0 aromatic heterocycles. The van der Waals surface area contributed by atoms with Crippen LogP contribution in [0.2, 0.25) is 0 Å². The van der Waals surface area contributed by atoms with Gasteiger partial charge in [-0.2, -0.15) is 0 Å². The minimum atomic E-state index is -0.467. The molecule has 0 aliphatic carbocycles. The zero-order chi connectivity index (χ0) is 18.6. The second kappa shape index (κ2) is 7.92. The quantitative estimate of drug-likeness (QED) is 0.774. The Kier molecular flexibility index (Phi) is 5.62. The molecule has 3 rings (SSSR count). The number of rotatable bonds is 5. The summed E-state index contributed by atoms with van der Waals surface area (Å²) in [6, 6.07) is 20.4. The molecule has 138 valence electrons. The van der Waals surface area contributed by atoms with E-state index in [1.54, 1.807) is 4.90 Å². The first-order valence-corrected chi connectivity index (χ1v) is 9.11. The highest BCUT2D eigenvalue weighted by Crippen LogP contribution is 2.34. The lowest BCUT2D eigenvalue weighted by Gasteiger charge is -2.43. The maximum absolute atomic E-state index is 12.2. The van der Waals surface area contributed by atoms with E-state index in [4.69, 9.17) is 9.47 Å². The number of hydrogen-bond acceptors (Lipinski definition) is 3. The number of carbonyl (C=O) groups is 1. The molecule has 1 aliphatic heterocycles. The van der Waals surface area contributed by atoms with Crippen LogP contribution in [0.1, 0.15) is 38.0 Å². The van der Waals surface area contributed by atoms with E-state index in [2.05, 4.69) is 24.3 Å². The van der Waals surface area contributed by atoms with Crippen LogP contribution in [-0.2, 0) is 16.1 Å². The fourth-order valence-electron chi connectivity index (χ4n) is 3.09. The summed E-state index contributed by atoms with van der Waals surface area (Å²) in [5.74, 6) is 0.272. The Morgan fingerprint density at radius 2 is 1.62 bits per heavy atom. The molecule has 1 saturated heterocycles. The summed E-state index contributed by atoms with van der Waals surface area (Å²) in [6.45, 7) is 7.53. The minimum absolute atomic E-state index is 0.0323. The van der Waals surface area contributed by atoms with Crippen molar-refractivity contribution in [3.8, 4) is 0 Å². The highest BCUT2D eigenvalue weighted by molar-refractivity contribution is 5.69. The van der Waals surface area contributed by atoms with Crippen molar-refractivity contribution in [1.29, 1.82) is 0 Å². The van der Waals surface area contributed by atoms with E-state index in [0.29, 0.717) is 19.7 Å². The summed E-state index contributed by atoms with van der Waals surface area (Å²) < 4.78 is 11.7. The molecule has 2 aromatic carbocycles. The first-order chi connectivity index (χ1) is 12.4. The first-order valence-electron chi connectivity index (χ1n) is 9.11. The van der Waals surface area contributed by atoms with Crippen molar-refractivity contribution in [2.45, 2.75) is 39.1 Å². The lowest BCUT2D eigenvalue weighted by molar-refractivity contribution is -0.0652.